The van der Waals surface area contributed by atoms with Crippen molar-refractivity contribution in [1.82, 2.24) is 0 Å². The SMILES string of the molecule is CC(C)(C)c1cc(C(C)(C)C)c(P2[C-]P(c3c(C(C)(C)C)cc(C(C)(C)C)cc3C(C)(C)C)[C]2[Si])c(C(C)(C)C)c1. The third-order valence-electron chi connectivity index (χ3n) is 8.25. The molecule has 225 valence electrons. The van der Waals surface area contributed by atoms with E-state index in [9.17, 15) is 0 Å². The first-order chi connectivity index (χ1) is 18.1. The maximum absolute atomic E-state index is 4.37. The Hall–Kier alpha value is -0.483. The smallest absolute Gasteiger partial charge is 0.0389 e. The average Bonchev–Trinajstić information content (AvgIpc) is 2.73. The van der Waals surface area contributed by atoms with E-state index in [1.54, 1.807) is 0 Å². The van der Waals surface area contributed by atoms with E-state index < -0.39 is 15.8 Å². The van der Waals surface area contributed by atoms with Crippen LogP contribution in [0.2, 0.25) is 0 Å². The summed E-state index contributed by atoms with van der Waals surface area (Å²) in [5, 5.41) is 4.56. The van der Waals surface area contributed by atoms with Crippen molar-refractivity contribution >= 4 is 36.7 Å². The van der Waals surface area contributed by atoms with Crippen LogP contribution >= 0.6 is 15.8 Å². The molecule has 0 bridgehead atoms. The highest BCUT2D eigenvalue weighted by atomic mass is 31.2. The van der Waals surface area contributed by atoms with Crippen LogP contribution in [0.1, 0.15) is 158 Å². The summed E-state index contributed by atoms with van der Waals surface area (Å²) in [5.74, 6) is 4.27. The zero-order chi connectivity index (χ0) is 31.9. The summed E-state index contributed by atoms with van der Waals surface area (Å²) in [4.78, 5) is 0. The van der Waals surface area contributed by atoms with Gasteiger partial charge >= 0.3 is 0 Å². The lowest BCUT2D eigenvalue weighted by atomic mass is 9.75. The minimum atomic E-state index is -0.653. The van der Waals surface area contributed by atoms with Gasteiger partial charge in [0.05, 0.1) is 0 Å². The van der Waals surface area contributed by atoms with Gasteiger partial charge in [-0.25, -0.2) is 15.8 Å². The molecule has 1 saturated heterocycles. The molecule has 2 aromatic carbocycles. The van der Waals surface area contributed by atoms with Gasteiger partial charge in [-0.15, -0.1) is 0 Å². The number of hydrogen-bond acceptors (Lipinski definition) is 0. The zero-order valence-corrected chi connectivity index (χ0v) is 32.5. The van der Waals surface area contributed by atoms with Gasteiger partial charge in [0.2, 0.25) is 0 Å². The largest absolute Gasteiger partial charge is 0.404 e. The van der Waals surface area contributed by atoms with Crippen LogP contribution in [0.4, 0.5) is 0 Å². The second-order valence-electron chi connectivity index (χ2n) is 18.4. The first-order valence-corrected chi connectivity index (χ1v) is 18.6. The number of rotatable bonds is 2. The van der Waals surface area contributed by atoms with Gasteiger partial charge in [-0.3, -0.25) is 0 Å². The van der Waals surface area contributed by atoms with Gasteiger partial charge in [0.15, 0.2) is 0 Å². The predicted octanol–water partition coefficient (Wildman–Crippen LogP) is 11.0. The summed E-state index contributed by atoms with van der Waals surface area (Å²) in [5.41, 5.74) is 9.25. The van der Waals surface area contributed by atoms with E-state index in [1.165, 1.54) is 49.0 Å². The normalized spacial score (nSPS) is 19.9. The lowest BCUT2D eigenvalue weighted by Gasteiger charge is -2.63. The lowest BCUT2D eigenvalue weighted by molar-refractivity contribution is 0.553. The minimum Gasteiger partial charge on any atom is -0.404 e. The van der Waals surface area contributed by atoms with Gasteiger partial charge in [0.1, 0.15) is 0 Å². The summed E-state index contributed by atoms with van der Waals surface area (Å²) < 4.78 is 0. The highest BCUT2D eigenvalue weighted by Gasteiger charge is 2.38. The third kappa shape index (κ3) is 7.26. The van der Waals surface area contributed by atoms with Crippen LogP contribution in [0.15, 0.2) is 24.3 Å². The molecule has 2 unspecified atom stereocenters. The Balaban J connectivity index is 2.30. The third-order valence-corrected chi connectivity index (χ3v) is 15.1. The fourth-order valence-corrected chi connectivity index (χ4v) is 13.4. The molecule has 0 nitrogen and oxygen atoms in total. The van der Waals surface area contributed by atoms with Gasteiger partial charge in [-0.05, 0) is 81.5 Å². The molecule has 0 saturated carbocycles. The number of benzene rings is 2. The summed E-state index contributed by atoms with van der Waals surface area (Å²) in [6, 6.07) is 10.1. The lowest BCUT2D eigenvalue weighted by Crippen LogP contribution is -2.37. The van der Waals surface area contributed by atoms with E-state index in [0.717, 1.165) is 0 Å². The van der Waals surface area contributed by atoms with Gasteiger partial charge < -0.3 is 5.90 Å². The topological polar surface area (TPSA) is 0 Å². The van der Waals surface area contributed by atoms with Crippen LogP contribution in [0, 0.1) is 10.9 Å². The van der Waals surface area contributed by atoms with Crippen LogP contribution < -0.4 is 10.6 Å². The fourth-order valence-electron chi connectivity index (χ4n) is 5.47. The Bertz CT molecular complexity index is 1100. The molecule has 1 aliphatic heterocycles. The van der Waals surface area contributed by atoms with E-state index in [1.807, 2.05) is 0 Å². The van der Waals surface area contributed by atoms with E-state index >= 15 is 0 Å². The Morgan fingerprint density at radius 2 is 0.634 bits per heavy atom. The van der Waals surface area contributed by atoms with Crippen LogP contribution in [0.5, 0.6) is 0 Å². The molecule has 5 radical (unpaired) electrons. The van der Waals surface area contributed by atoms with Crippen molar-refractivity contribution in [2.24, 2.45) is 0 Å². The molecule has 2 aromatic rings. The zero-order valence-electron chi connectivity index (χ0n) is 29.7. The maximum Gasteiger partial charge on any atom is 0.0389 e. The van der Waals surface area contributed by atoms with Gasteiger partial charge in [-0.2, -0.15) is 0 Å². The Kier molecular flexibility index (Phi) is 9.26. The molecule has 3 heteroatoms. The molecule has 41 heavy (non-hydrogen) atoms. The van der Waals surface area contributed by atoms with E-state index in [-0.39, 0.29) is 32.5 Å². The van der Waals surface area contributed by atoms with Gasteiger partial charge in [0.25, 0.3) is 0 Å². The standard InChI is InChI=1S/C38H58P2Si/c1-33(2,3)24-19-26(35(7,8)9)30(27(20-24)36(10,11)12)39-23-40(32(39)41)31-28(37(13,14)15)21-25(34(4,5)6)22-29(31)38(16,17)18/h19-22H,1-18H3/q-1. The fraction of sp³-hybridized carbons (Fsp3) is 0.632. The number of hydrogen-bond donors (Lipinski definition) is 0. The molecule has 0 aliphatic carbocycles. The van der Waals surface area contributed by atoms with Gasteiger partial charge in [-0.1, -0.05) is 149 Å². The van der Waals surface area contributed by atoms with Crippen molar-refractivity contribution in [2.45, 2.75) is 157 Å². The summed E-state index contributed by atoms with van der Waals surface area (Å²) >= 11 is 0. The molecule has 1 heterocycles. The second-order valence-corrected chi connectivity index (χ2v) is 24.1. The highest BCUT2D eigenvalue weighted by Crippen LogP contribution is 2.82. The minimum absolute atomic E-state index is 0.0486. The molecule has 1 aliphatic rings. The van der Waals surface area contributed by atoms with Crippen LogP contribution in [-0.2, 0) is 32.5 Å². The Morgan fingerprint density at radius 1 is 0.415 bits per heavy atom. The molecule has 1 fully saturated rings. The quantitative estimate of drug-likeness (QED) is 0.182. The molecule has 0 spiro atoms. The van der Waals surface area contributed by atoms with Crippen molar-refractivity contribution in [3.8, 4) is 0 Å². The predicted molar refractivity (Wildman–Crippen MR) is 190 cm³/mol. The first-order valence-electron chi connectivity index (χ1n) is 15.4. The van der Waals surface area contributed by atoms with Gasteiger partial charge in [0, 0.05) is 10.2 Å². The average molecular weight is 605 g/mol. The van der Waals surface area contributed by atoms with Crippen molar-refractivity contribution in [1.29, 1.82) is 0 Å². The maximum atomic E-state index is 4.37. The molecule has 0 aromatic heterocycles. The molecule has 3 rings (SSSR count). The first kappa shape index (κ1) is 35.0. The van der Waals surface area contributed by atoms with Crippen molar-refractivity contribution < 1.29 is 0 Å². The van der Waals surface area contributed by atoms with Crippen molar-refractivity contribution in [2.75, 3.05) is 0 Å². The molecular formula is C38H58P2Si-. The Labute approximate surface area is 261 Å². The van der Waals surface area contributed by atoms with Crippen LogP contribution in [-0.4, -0.2) is 10.2 Å². The van der Waals surface area contributed by atoms with E-state index in [0.29, 0.717) is 0 Å². The summed E-state index contributed by atoms with van der Waals surface area (Å²) in [6.07, 6.45) is 0. The monoisotopic (exact) mass is 604 g/mol. The molecule has 0 amide bonds. The summed E-state index contributed by atoms with van der Waals surface area (Å²) in [6.45, 7) is 42.7. The molecular weight excluding hydrogens is 546 g/mol. The summed E-state index contributed by atoms with van der Waals surface area (Å²) in [7, 11) is 3.06. The highest BCUT2D eigenvalue weighted by molar-refractivity contribution is 8.06. The van der Waals surface area contributed by atoms with Crippen molar-refractivity contribution in [3.05, 3.63) is 68.6 Å². The van der Waals surface area contributed by atoms with E-state index in [2.05, 4.69) is 165 Å². The second kappa shape index (κ2) is 10.8. The van der Waals surface area contributed by atoms with Crippen LogP contribution in [0.3, 0.4) is 0 Å². The van der Waals surface area contributed by atoms with Crippen molar-refractivity contribution in [3.63, 3.8) is 0 Å². The van der Waals surface area contributed by atoms with E-state index in [4.69, 9.17) is 0 Å². The molecule has 0 N–H and O–H groups in total. The Morgan fingerprint density at radius 3 is 0.780 bits per heavy atom. The van der Waals surface area contributed by atoms with Crippen LogP contribution in [0.25, 0.3) is 0 Å². The molecule has 2 atom stereocenters.